The Hall–Kier alpha value is -2.61. The van der Waals surface area contributed by atoms with Gasteiger partial charge in [-0.05, 0) is 51.9 Å². The van der Waals surface area contributed by atoms with Crippen molar-refractivity contribution < 1.29 is 19.1 Å². The van der Waals surface area contributed by atoms with Crippen LogP contribution in [0.1, 0.15) is 26.7 Å². The molecule has 0 unspecified atom stereocenters. The lowest BCUT2D eigenvalue weighted by atomic mass is 9.94. The first-order chi connectivity index (χ1) is 13.0. The molecule has 0 bridgehead atoms. The van der Waals surface area contributed by atoms with Crippen molar-refractivity contribution in [1.82, 2.24) is 15.5 Å². The van der Waals surface area contributed by atoms with E-state index in [1.54, 1.807) is 33.1 Å². The van der Waals surface area contributed by atoms with E-state index in [1.165, 1.54) is 0 Å². The molecule has 2 rings (SSSR count). The predicted molar refractivity (Wildman–Crippen MR) is 103 cm³/mol. The van der Waals surface area contributed by atoms with Crippen molar-refractivity contribution in [2.45, 2.75) is 32.7 Å². The topological polar surface area (TPSA) is 99.8 Å². The number of anilines is 1. The average Bonchev–Trinajstić information content (AvgIpc) is 2.68. The van der Waals surface area contributed by atoms with Crippen LogP contribution in [-0.4, -0.2) is 55.5 Å². The van der Waals surface area contributed by atoms with Crippen molar-refractivity contribution in [3.63, 3.8) is 0 Å². The SMILES string of the molecule is CCNC(=O)NC(=O)[C@H](C)N1CCC(C(=O)Nc2ccccc2OC)CC1. The van der Waals surface area contributed by atoms with Gasteiger partial charge in [0.1, 0.15) is 5.75 Å². The summed E-state index contributed by atoms with van der Waals surface area (Å²) in [6.07, 6.45) is 1.31. The third-order valence-corrected chi connectivity index (χ3v) is 4.77. The minimum Gasteiger partial charge on any atom is -0.495 e. The molecule has 0 saturated carbocycles. The molecule has 0 spiro atoms. The highest BCUT2D eigenvalue weighted by molar-refractivity contribution is 5.97. The second-order valence-electron chi connectivity index (χ2n) is 6.52. The molecule has 1 atom stereocenters. The summed E-state index contributed by atoms with van der Waals surface area (Å²) < 4.78 is 5.26. The zero-order valence-corrected chi connectivity index (χ0v) is 16.1. The molecule has 8 nitrogen and oxygen atoms in total. The van der Waals surface area contributed by atoms with Crippen LogP contribution in [0.2, 0.25) is 0 Å². The molecule has 1 aliphatic rings. The molecule has 1 aromatic carbocycles. The van der Waals surface area contributed by atoms with Crippen molar-refractivity contribution in [3.8, 4) is 5.75 Å². The van der Waals surface area contributed by atoms with E-state index in [9.17, 15) is 14.4 Å². The number of carbonyl (C=O) groups is 3. The number of methoxy groups -OCH3 is 1. The lowest BCUT2D eigenvalue weighted by Gasteiger charge is -2.34. The molecular weight excluding hydrogens is 348 g/mol. The van der Waals surface area contributed by atoms with Crippen LogP contribution in [0.4, 0.5) is 10.5 Å². The number of rotatable bonds is 6. The van der Waals surface area contributed by atoms with Crippen LogP contribution in [0.15, 0.2) is 24.3 Å². The van der Waals surface area contributed by atoms with Crippen molar-refractivity contribution in [3.05, 3.63) is 24.3 Å². The lowest BCUT2D eigenvalue weighted by Crippen LogP contribution is -2.52. The molecule has 148 valence electrons. The maximum absolute atomic E-state index is 12.5. The summed E-state index contributed by atoms with van der Waals surface area (Å²) in [6, 6.07) is 6.38. The highest BCUT2D eigenvalue weighted by Crippen LogP contribution is 2.26. The number of amides is 4. The number of urea groups is 1. The molecule has 0 radical (unpaired) electrons. The Morgan fingerprint density at radius 1 is 1.22 bits per heavy atom. The Morgan fingerprint density at radius 2 is 1.89 bits per heavy atom. The standard InChI is InChI=1S/C19H28N4O4/c1-4-20-19(26)22-17(24)13(2)23-11-9-14(10-12-23)18(25)21-15-7-5-6-8-16(15)27-3/h5-8,13-14H,4,9-12H2,1-3H3,(H,21,25)(H2,20,22,24,26)/t13-/m0/s1. The lowest BCUT2D eigenvalue weighted by molar-refractivity contribution is -0.126. The van der Waals surface area contributed by atoms with Gasteiger partial charge in [-0.1, -0.05) is 12.1 Å². The van der Waals surface area contributed by atoms with E-state index in [-0.39, 0.29) is 17.7 Å². The van der Waals surface area contributed by atoms with Crippen molar-refractivity contribution in [2.75, 3.05) is 32.1 Å². The van der Waals surface area contributed by atoms with Gasteiger partial charge in [0.15, 0.2) is 0 Å². The Morgan fingerprint density at radius 3 is 2.52 bits per heavy atom. The third-order valence-electron chi connectivity index (χ3n) is 4.77. The first-order valence-corrected chi connectivity index (χ1v) is 9.22. The first kappa shape index (κ1) is 20.7. The molecule has 1 fully saturated rings. The van der Waals surface area contributed by atoms with Crippen molar-refractivity contribution in [2.24, 2.45) is 5.92 Å². The van der Waals surface area contributed by atoms with Gasteiger partial charge in [-0.25, -0.2) is 4.79 Å². The Bertz CT molecular complexity index is 671. The molecule has 3 N–H and O–H groups in total. The number of hydrogen-bond donors (Lipinski definition) is 3. The Kier molecular flexibility index (Phi) is 7.60. The number of likely N-dealkylation sites (tertiary alicyclic amines) is 1. The van der Waals surface area contributed by atoms with Gasteiger partial charge in [0.2, 0.25) is 11.8 Å². The summed E-state index contributed by atoms with van der Waals surface area (Å²) in [6.45, 7) is 5.25. The molecule has 1 heterocycles. The molecule has 27 heavy (non-hydrogen) atoms. The molecule has 0 aromatic heterocycles. The van der Waals surface area contributed by atoms with Gasteiger partial charge in [0, 0.05) is 12.5 Å². The van der Waals surface area contributed by atoms with E-state index in [0.717, 1.165) is 0 Å². The van der Waals surface area contributed by atoms with E-state index in [2.05, 4.69) is 16.0 Å². The largest absolute Gasteiger partial charge is 0.495 e. The normalized spacial score (nSPS) is 16.3. The number of imide groups is 1. The summed E-state index contributed by atoms with van der Waals surface area (Å²) in [5.41, 5.74) is 0.655. The molecule has 1 aliphatic heterocycles. The number of hydrogen-bond acceptors (Lipinski definition) is 5. The predicted octanol–water partition coefficient (Wildman–Crippen LogP) is 1.58. The number of nitrogens with one attached hydrogen (secondary N) is 3. The number of benzene rings is 1. The zero-order valence-electron chi connectivity index (χ0n) is 16.1. The van der Waals surface area contributed by atoms with Crippen LogP contribution in [0, 0.1) is 5.92 Å². The van der Waals surface area contributed by atoms with Gasteiger partial charge in [-0.2, -0.15) is 0 Å². The fourth-order valence-electron chi connectivity index (χ4n) is 3.12. The van der Waals surface area contributed by atoms with Crippen LogP contribution >= 0.6 is 0 Å². The Labute approximate surface area is 159 Å². The van der Waals surface area contributed by atoms with E-state index in [1.807, 2.05) is 17.0 Å². The van der Waals surface area contributed by atoms with Gasteiger partial charge < -0.3 is 15.4 Å². The van der Waals surface area contributed by atoms with Gasteiger partial charge in [-0.15, -0.1) is 0 Å². The van der Waals surface area contributed by atoms with Crippen LogP contribution in [-0.2, 0) is 9.59 Å². The highest BCUT2D eigenvalue weighted by atomic mass is 16.5. The summed E-state index contributed by atoms with van der Waals surface area (Å²) in [4.78, 5) is 38.2. The maximum atomic E-state index is 12.5. The van der Waals surface area contributed by atoms with Gasteiger partial charge in [0.25, 0.3) is 0 Å². The molecule has 8 heteroatoms. The maximum Gasteiger partial charge on any atom is 0.321 e. The first-order valence-electron chi connectivity index (χ1n) is 9.22. The van der Waals surface area contributed by atoms with Crippen LogP contribution in [0.3, 0.4) is 0 Å². The molecular formula is C19H28N4O4. The van der Waals surface area contributed by atoms with Crippen LogP contribution < -0.4 is 20.7 Å². The number of ether oxygens (including phenoxy) is 1. The quantitative estimate of drug-likeness (QED) is 0.700. The molecule has 0 aliphatic carbocycles. The second kappa shape index (κ2) is 9.91. The van der Waals surface area contributed by atoms with Crippen molar-refractivity contribution in [1.29, 1.82) is 0 Å². The molecule has 4 amide bonds. The average molecular weight is 376 g/mol. The third kappa shape index (κ3) is 5.68. The van der Waals surface area contributed by atoms with Crippen LogP contribution in [0.25, 0.3) is 0 Å². The van der Waals surface area contributed by atoms with Gasteiger partial charge in [-0.3, -0.25) is 19.8 Å². The van der Waals surface area contributed by atoms with Gasteiger partial charge in [0.05, 0.1) is 18.8 Å². The van der Waals surface area contributed by atoms with E-state index < -0.39 is 12.1 Å². The van der Waals surface area contributed by atoms with Crippen molar-refractivity contribution >= 4 is 23.5 Å². The highest BCUT2D eigenvalue weighted by Gasteiger charge is 2.30. The van der Waals surface area contributed by atoms with E-state index in [4.69, 9.17) is 4.74 Å². The van der Waals surface area contributed by atoms with E-state index in [0.29, 0.717) is 43.9 Å². The minimum absolute atomic E-state index is 0.0430. The number of para-hydroxylation sites is 2. The number of nitrogens with zero attached hydrogens (tertiary/aromatic N) is 1. The van der Waals surface area contributed by atoms with Crippen LogP contribution in [0.5, 0.6) is 5.75 Å². The monoisotopic (exact) mass is 376 g/mol. The summed E-state index contributed by atoms with van der Waals surface area (Å²) >= 11 is 0. The Balaban J connectivity index is 1.84. The van der Waals surface area contributed by atoms with E-state index >= 15 is 0 Å². The molecule has 1 aromatic rings. The van der Waals surface area contributed by atoms with Gasteiger partial charge >= 0.3 is 6.03 Å². The zero-order chi connectivity index (χ0) is 19.8. The summed E-state index contributed by atoms with van der Waals surface area (Å²) in [7, 11) is 1.57. The fourth-order valence-corrected chi connectivity index (χ4v) is 3.12. The minimum atomic E-state index is -0.486. The summed E-state index contributed by atoms with van der Waals surface area (Å²) in [5, 5.41) is 7.79. The smallest absolute Gasteiger partial charge is 0.321 e. The fraction of sp³-hybridized carbons (Fsp3) is 0.526. The molecule has 1 saturated heterocycles. The summed E-state index contributed by atoms with van der Waals surface area (Å²) in [5.74, 6) is 0.125. The second-order valence-corrected chi connectivity index (χ2v) is 6.52. The number of piperidine rings is 1. The number of carbonyl (C=O) groups excluding carboxylic acids is 3.